The molecule has 1 aliphatic heterocycles. The zero-order valence-corrected chi connectivity index (χ0v) is 14.3. The van der Waals surface area contributed by atoms with E-state index in [-0.39, 0.29) is 11.4 Å². The number of nitrogens with one attached hydrogen (secondary N) is 2. The van der Waals surface area contributed by atoms with E-state index in [1.807, 2.05) is 13.1 Å². The first-order chi connectivity index (χ1) is 12.7. The number of aromatic nitrogens is 4. The molecule has 1 aliphatic rings. The number of nitrogens with zero attached hydrogens (tertiary/aromatic N) is 4. The molecular weight excluding hydrogens is 334 g/mol. The van der Waals surface area contributed by atoms with Crippen LogP contribution in [0.4, 0.5) is 11.5 Å². The number of nitrogens with two attached hydrogens (primary N) is 1. The molecule has 134 valence electrons. The molecule has 0 bridgehead atoms. The molecular formula is C17H19N7O2. The van der Waals surface area contributed by atoms with Gasteiger partial charge in [-0.15, -0.1) is 5.10 Å². The van der Waals surface area contributed by atoms with Gasteiger partial charge in [0.05, 0.1) is 18.5 Å². The van der Waals surface area contributed by atoms with Gasteiger partial charge in [0.25, 0.3) is 5.91 Å². The van der Waals surface area contributed by atoms with Gasteiger partial charge in [0.1, 0.15) is 17.0 Å². The lowest BCUT2D eigenvalue weighted by molar-refractivity contribution is 0.102. The number of ether oxygens (including phenoxy) is 1. The molecule has 0 aromatic carbocycles. The van der Waals surface area contributed by atoms with Gasteiger partial charge in [-0.05, 0) is 6.92 Å². The average molecular weight is 353 g/mol. The van der Waals surface area contributed by atoms with Crippen LogP contribution in [0.1, 0.15) is 28.5 Å². The van der Waals surface area contributed by atoms with Crippen LogP contribution in [-0.4, -0.2) is 38.6 Å². The minimum absolute atomic E-state index is 0.132. The second kappa shape index (κ2) is 6.60. The third-order valence-corrected chi connectivity index (χ3v) is 4.21. The minimum atomic E-state index is -0.396. The molecule has 0 spiro atoms. The largest absolute Gasteiger partial charge is 0.492 e. The number of anilines is 2. The molecule has 1 amide bonds. The second-order valence-electron chi connectivity index (χ2n) is 5.93. The van der Waals surface area contributed by atoms with Crippen LogP contribution in [0.5, 0.6) is 5.75 Å². The van der Waals surface area contributed by atoms with Crippen molar-refractivity contribution in [2.75, 3.05) is 24.2 Å². The molecule has 3 aromatic heterocycles. The maximum absolute atomic E-state index is 12.9. The van der Waals surface area contributed by atoms with Crippen molar-refractivity contribution in [3.05, 3.63) is 41.5 Å². The number of hydrogen-bond donors (Lipinski definition) is 3. The van der Waals surface area contributed by atoms with E-state index in [9.17, 15) is 4.79 Å². The molecule has 9 heteroatoms. The number of fused-ring (bicyclic) bond motifs is 2. The molecule has 4 rings (SSSR count). The van der Waals surface area contributed by atoms with Gasteiger partial charge in [-0.2, -0.15) is 0 Å². The number of carbonyl (C=O) groups excluding carboxylic acids is 1. The predicted octanol–water partition coefficient (Wildman–Crippen LogP) is 1.00. The van der Waals surface area contributed by atoms with Gasteiger partial charge in [0, 0.05) is 43.5 Å². The van der Waals surface area contributed by atoms with Crippen LogP contribution < -0.4 is 21.1 Å². The van der Waals surface area contributed by atoms with Crippen LogP contribution in [0.2, 0.25) is 0 Å². The first kappa shape index (κ1) is 16.3. The van der Waals surface area contributed by atoms with Gasteiger partial charge in [-0.3, -0.25) is 9.78 Å². The van der Waals surface area contributed by atoms with Crippen molar-refractivity contribution in [2.45, 2.75) is 19.9 Å². The smallest absolute Gasteiger partial charge is 0.263 e. The maximum Gasteiger partial charge on any atom is 0.263 e. The summed E-state index contributed by atoms with van der Waals surface area (Å²) in [6.45, 7) is 3.94. The number of pyridine rings is 1. The van der Waals surface area contributed by atoms with Crippen LogP contribution in [0, 0.1) is 0 Å². The average Bonchev–Trinajstić information content (AvgIpc) is 2.96. The highest BCUT2D eigenvalue weighted by atomic mass is 16.5. The van der Waals surface area contributed by atoms with Crippen molar-refractivity contribution < 1.29 is 9.53 Å². The number of nitrogen functional groups attached to an aromatic ring is 1. The van der Waals surface area contributed by atoms with Crippen LogP contribution >= 0.6 is 0 Å². The lowest BCUT2D eigenvalue weighted by Crippen LogP contribution is -2.25. The van der Waals surface area contributed by atoms with Crippen molar-refractivity contribution in [2.24, 2.45) is 0 Å². The molecule has 0 fully saturated rings. The van der Waals surface area contributed by atoms with Crippen molar-refractivity contribution in [3.63, 3.8) is 0 Å². The van der Waals surface area contributed by atoms with E-state index in [4.69, 9.17) is 10.5 Å². The fourth-order valence-electron chi connectivity index (χ4n) is 3.02. The molecule has 0 unspecified atom stereocenters. The Hall–Kier alpha value is -3.20. The summed E-state index contributed by atoms with van der Waals surface area (Å²) < 4.78 is 7.08. The number of amides is 1. The summed E-state index contributed by atoms with van der Waals surface area (Å²) >= 11 is 0. The Morgan fingerprint density at radius 2 is 2.38 bits per heavy atom. The van der Waals surface area contributed by atoms with E-state index in [0.717, 1.165) is 30.8 Å². The zero-order chi connectivity index (χ0) is 18.1. The molecule has 3 aromatic rings. The summed E-state index contributed by atoms with van der Waals surface area (Å²) in [4.78, 5) is 21.5. The highest BCUT2D eigenvalue weighted by Gasteiger charge is 2.23. The summed E-state index contributed by atoms with van der Waals surface area (Å²) in [6, 6.07) is 1.69. The molecule has 0 atom stereocenters. The molecule has 0 aliphatic carbocycles. The molecule has 9 nitrogen and oxygen atoms in total. The molecule has 4 N–H and O–H groups in total. The molecule has 0 radical (unpaired) electrons. The van der Waals surface area contributed by atoms with E-state index < -0.39 is 5.91 Å². The highest BCUT2D eigenvalue weighted by molar-refractivity contribution is 6.12. The van der Waals surface area contributed by atoms with Crippen LogP contribution in [-0.2, 0) is 13.0 Å². The van der Waals surface area contributed by atoms with E-state index in [1.54, 1.807) is 16.8 Å². The topological polar surface area (TPSA) is 119 Å². The van der Waals surface area contributed by atoms with Crippen LogP contribution in [0.15, 0.2) is 24.7 Å². The van der Waals surface area contributed by atoms with E-state index in [0.29, 0.717) is 23.7 Å². The third-order valence-electron chi connectivity index (χ3n) is 4.21. The fraction of sp³-hybridized carbons (Fsp3) is 0.294. The zero-order valence-electron chi connectivity index (χ0n) is 14.3. The summed E-state index contributed by atoms with van der Waals surface area (Å²) in [7, 11) is 0. The van der Waals surface area contributed by atoms with Crippen LogP contribution in [0.25, 0.3) is 5.65 Å². The SMILES string of the molecule is CCOc1ccncc1NC(=O)c1c(N)nn2cc3c(nc12)CCNC3. The first-order valence-corrected chi connectivity index (χ1v) is 8.43. The van der Waals surface area contributed by atoms with Gasteiger partial charge in [-0.25, -0.2) is 9.50 Å². The molecule has 0 saturated heterocycles. The van der Waals surface area contributed by atoms with Crippen molar-refractivity contribution >= 4 is 23.1 Å². The Morgan fingerprint density at radius 3 is 3.23 bits per heavy atom. The van der Waals surface area contributed by atoms with Gasteiger partial charge < -0.3 is 21.1 Å². The Kier molecular flexibility index (Phi) is 4.13. The Bertz CT molecular complexity index is 983. The van der Waals surface area contributed by atoms with Crippen molar-refractivity contribution in [1.29, 1.82) is 0 Å². The Labute approximate surface area is 149 Å². The summed E-state index contributed by atoms with van der Waals surface area (Å²) in [6.07, 6.45) is 5.81. The van der Waals surface area contributed by atoms with Crippen LogP contribution in [0.3, 0.4) is 0 Å². The Morgan fingerprint density at radius 1 is 1.50 bits per heavy atom. The van der Waals surface area contributed by atoms with E-state index >= 15 is 0 Å². The Balaban J connectivity index is 1.72. The molecule has 0 saturated carbocycles. The number of carbonyl (C=O) groups is 1. The quantitative estimate of drug-likeness (QED) is 0.640. The van der Waals surface area contributed by atoms with Crippen molar-refractivity contribution in [1.82, 2.24) is 24.9 Å². The normalized spacial score (nSPS) is 13.4. The van der Waals surface area contributed by atoms with Gasteiger partial charge in [0.2, 0.25) is 0 Å². The lowest BCUT2D eigenvalue weighted by Gasteiger charge is -2.16. The monoisotopic (exact) mass is 353 g/mol. The second-order valence-corrected chi connectivity index (χ2v) is 5.93. The van der Waals surface area contributed by atoms with E-state index in [1.165, 1.54) is 6.20 Å². The molecule has 26 heavy (non-hydrogen) atoms. The number of hydrogen-bond acceptors (Lipinski definition) is 7. The minimum Gasteiger partial charge on any atom is -0.492 e. The predicted molar refractivity (Wildman–Crippen MR) is 96.2 cm³/mol. The highest BCUT2D eigenvalue weighted by Crippen LogP contribution is 2.25. The van der Waals surface area contributed by atoms with Crippen molar-refractivity contribution in [3.8, 4) is 5.75 Å². The summed E-state index contributed by atoms with van der Waals surface area (Å²) in [5.41, 5.74) is 9.19. The first-order valence-electron chi connectivity index (χ1n) is 8.43. The third kappa shape index (κ3) is 2.82. The number of rotatable bonds is 4. The maximum atomic E-state index is 12.9. The lowest BCUT2D eigenvalue weighted by atomic mass is 10.1. The van der Waals surface area contributed by atoms with Gasteiger partial charge in [0.15, 0.2) is 11.5 Å². The standard InChI is InChI=1S/C17H19N7O2/c1-2-26-13-4-6-20-8-12(13)22-17(25)14-15(18)23-24-9-10-7-19-5-3-11(10)21-16(14)24/h4,6,8-9,19H,2-3,5,7H2,1H3,(H2,18,23)(H,22,25). The van der Waals surface area contributed by atoms with E-state index in [2.05, 4.69) is 25.7 Å². The molecule has 4 heterocycles. The fourth-order valence-corrected chi connectivity index (χ4v) is 3.02. The summed E-state index contributed by atoms with van der Waals surface area (Å²) in [5, 5.41) is 10.3. The van der Waals surface area contributed by atoms with Gasteiger partial charge in [-0.1, -0.05) is 0 Å². The van der Waals surface area contributed by atoms with Gasteiger partial charge >= 0.3 is 0 Å². The summed E-state index contributed by atoms with van der Waals surface area (Å²) in [5.74, 6) is 0.280.